The molecule has 8 nitrogen and oxygen atoms in total. The van der Waals surface area contributed by atoms with Crippen molar-refractivity contribution < 1.29 is 0 Å². The maximum Gasteiger partial charge on any atom is 0.266 e. The Morgan fingerprint density at radius 3 is 1.61 bits per heavy atom. The van der Waals surface area contributed by atoms with E-state index in [9.17, 15) is 15.8 Å². The van der Waals surface area contributed by atoms with Crippen LogP contribution in [0, 0.1) is 64.5 Å². The summed E-state index contributed by atoms with van der Waals surface area (Å²) in [4.78, 5) is 14.9. The van der Waals surface area contributed by atoms with E-state index in [0.717, 1.165) is 11.4 Å². The molecule has 36 heavy (non-hydrogen) atoms. The highest BCUT2D eigenvalue weighted by Gasteiger charge is 2.38. The number of rotatable bonds is 2. The van der Waals surface area contributed by atoms with Crippen molar-refractivity contribution in [3.8, 4) is 18.2 Å². The second-order valence-corrected chi connectivity index (χ2v) is 11.0. The van der Waals surface area contributed by atoms with Crippen molar-refractivity contribution >= 4 is 0 Å². The van der Waals surface area contributed by atoms with Crippen LogP contribution in [0.5, 0.6) is 0 Å². The fraction of sp³-hybridized carbons (Fsp3) is 0.500. The average Bonchev–Trinajstić information content (AvgIpc) is 2.84. The first-order valence-corrected chi connectivity index (χ1v) is 11.8. The number of piperazine rings is 1. The third kappa shape index (κ3) is 4.96. The fourth-order valence-corrected chi connectivity index (χ4v) is 5.44. The van der Waals surface area contributed by atoms with Crippen LogP contribution in [0.2, 0.25) is 0 Å². The molecule has 0 saturated carbocycles. The molecule has 1 aliphatic heterocycles. The lowest BCUT2D eigenvalue weighted by molar-refractivity contribution is 0.156. The Kier molecular flexibility index (Phi) is 7.26. The zero-order valence-corrected chi connectivity index (χ0v) is 21.2. The van der Waals surface area contributed by atoms with Gasteiger partial charge in [0.15, 0.2) is 5.70 Å². The Labute approximate surface area is 213 Å². The topological polar surface area (TPSA) is 90.9 Å². The predicted octanol–water partition coefficient (Wildman–Crippen LogP) is 5.55. The summed E-state index contributed by atoms with van der Waals surface area (Å²) in [7, 11) is 0. The van der Waals surface area contributed by atoms with Crippen LogP contribution in [0.15, 0.2) is 45.2 Å². The van der Waals surface area contributed by atoms with Crippen LogP contribution >= 0.6 is 0 Å². The third-order valence-corrected chi connectivity index (χ3v) is 7.03. The quantitative estimate of drug-likeness (QED) is 0.385. The SMILES string of the molecule is [C-]#[N+]C1=C(N2CCN(C3=C(C#N)/C(=C(\C#N)[N+]#[C-])CC(C)(C)C3)CC2)CC(C)(C)C/C1=C(\C#N)[N+]#[C-]. The van der Waals surface area contributed by atoms with Gasteiger partial charge < -0.3 is 9.80 Å². The van der Waals surface area contributed by atoms with Crippen LogP contribution in [0.3, 0.4) is 0 Å². The van der Waals surface area contributed by atoms with Gasteiger partial charge in [-0.25, -0.2) is 25.1 Å². The standard InChI is InChI=1S/C28H28N8/c1-27(2)12-19(22(17-30)32-5)21(16-29)24(14-27)35-8-10-36(11-9-35)25-15-28(3,4)13-20(26(25)34-7)23(18-31)33-6/h8-15H2,1-4H3/b22-19+,23-20-. The second-order valence-electron chi connectivity index (χ2n) is 11.0. The molecule has 0 aromatic heterocycles. The molecule has 1 heterocycles. The van der Waals surface area contributed by atoms with Gasteiger partial charge in [0.05, 0.1) is 43.5 Å². The molecule has 0 amide bonds. The van der Waals surface area contributed by atoms with E-state index >= 15 is 0 Å². The number of allylic oxidation sites excluding steroid dienone is 7. The first kappa shape index (κ1) is 26.1. The van der Waals surface area contributed by atoms with E-state index in [4.69, 9.17) is 19.7 Å². The molecule has 0 N–H and O–H groups in total. The lowest BCUT2D eigenvalue weighted by Gasteiger charge is -2.46. The van der Waals surface area contributed by atoms with Crippen molar-refractivity contribution in [1.82, 2.24) is 9.80 Å². The third-order valence-electron chi connectivity index (χ3n) is 7.03. The van der Waals surface area contributed by atoms with Gasteiger partial charge in [-0.05, 0) is 47.7 Å². The minimum atomic E-state index is -0.185. The van der Waals surface area contributed by atoms with Crippen molar-refractivity contribution in [3.63, 3.8) is 0 Å². The molecule has 1 fully saturated rings. The van der Waals surface area contributed by atoms with E-state index in [1.54, 1.807) is 0 Å². The number of hydrogen-bond donors (Lipinski definition) is 0. The molecule has 0 bridgehead atoms. The van der Waals surface area contributed by atoms with Crippen LogP contribution in [-0.2, 0) is 0 Å². The van der Waals surface area contributed by atoms with E-state index < -0.39 is 0 Å². The zero-order chi connectivity index (χ0) is 26.7. The van der Waals surface area contributed by atoms with Crippen LogP contribution < -0.4 is 0 Å². The minimum absolute atomic E-state index is 0.00872. The molecule has 1 saturated heterocycles. The molecular weight excluding hydrogens is 448 g/mol. The Hall–Kier alpha value is -4.50. The van der Waals surface area contributed by atoms with Crippen molar-refractivity contribution in [2.45, 2.75) is 53.4 Å². The van der Waals surface area contributed by atoms with Gasteiger partial charge in [0.2, 0.25) is 0 Å². The number of nitrogens with zero attached hydrogens (tertiary/aromatic N) is 8. The van der Waals surface area contributed by atoms with Crippen molar-refractivity contribution in [3.05, 3.63) is 79.5 Å². The first-order valence-electron chi connectivity index (χ1n) is 11.8. The van der Waals surface area contributed by atoms with E-state index in [1.807, 2.05) is 12.1 Å². The molecule has 8 heteroatoms. The normalized spacial score (nSPS) is 23.8. The zero-order valence-electron chi connectivity index (χ0n) is 21.2. The monoisotopic (exact) mass is 476 g/mol. The van der Waals surface area contributed by atoms with Crippen LogP contribution in [0.4, 0.5) is 0 Å². The number of nitriles is 3. The summed E-state index contributed by atoms with van der Waals surface area (Å²) in [5, 5.41) is 29.0. The molecule has 0 radical (unpaired) electrons. The minimum Gasteiger partial charge on any atom is -0.380 e. The van der Waals surface area contributed by atoms with Crippen molar-refractivity contribution in [2.24, 2.45) is 10.8 Å². The van der Waals surface area contributed by atoms with Crippen LogP contribution in [0.25, 0.3) is 14.5 Å². The highest BCUT2D eigenvalue weighted by molar-refractivity contribution is 5.55. The summed E-state index contributed by atoms with van der Waals surface area (Å²) in [5.41, 5.74) is 3.31. The molecule has 3 aliphatic rings. The molecule has 0 unspecified atom stereocenters. The Morgan fingerprint density at radius 1 is 0.722 bits per heavy atom. The molecule has 0 aromatic carbocycles. The molecule has 180 valence electrons. The second kappa shape index (κ2) is 10.0. The number of hydrogen-bond acceptors (Lipinski definition) is 5. The Balaban J connectivity index is 1.99. The molecule has 3 rings (SSSR count). The van der Waals surface area contributed by atoms with Gasteiger partial charge in [0.25, 0.3) is 11.4 Å². The van der Waals surface area contributed by atoms with Gasteiger partial charge in [-0.3, -0.25) is 0 Å². The summed E-state index contributed by atoms with van der Waals surface area (Å²) in [5.74, 6) is 0. The molecule has 0 spiro atoms. The Morgan fingerprint density at radius 2 is 1.17 bits per heavy atom. The van der Waals surface area contributed by atoms with Gasteiger partial charge in [0, 0.05) is 37.6 Å². The summed E-state index contributed by atoms with van der Waals surface area (Å²) in [6, 6.07) is 6.22. The van der Waals surface area contributed by atoms with Gasteiger partial charge >= 0.3 is 0 Å². The van der Waals surface area contributed by atoms with E-state index in [0.29, 0.717) is 74.3 Å². The van der Waals surface area contributed by atoms with Gasteiger partial charge in [-0.1, -0.05) is 27.7 Å². The fourth-order valence-electron chi connectivity index (χ4n) is 5.44. The van der Waals surface area contributed by atoms with Crippen molar-refractivity contribution in [2.75, 3.05) is 26.2 Å². The van der Waals surface area contributed by atoms with E-state index in [1.165, 1.54) is 0 Å². The van der Waals surface area contributed by atoms with Gasteiger partial charge in [-0.2, -0.15) is 5.26 Å². The maximum absolute atomic E-state index is 9.99. The molecular formula is C28H28N8. The highest BCUT2D eigenvalue weighted by atomic mass is 15.3. The molecule has 2 aliphatic carbocycles. The van der Waals surface area contributed by atoms with Crippen LogP contribution in [0.1, 0.15) is 53.4 Å². The lowest BCUT2D eigenvalue weighted by atomic mass is 9.73. The van der Waals surface area contributed by atoms with Crippen LogP contribution in [-0.4, -0.2) is 36.0 Å². The Bertz CT molecular complexity index is 1210. The largest absolute Gasteiger partial charge is 0.380 e. The van der Waals surface area contributed by atoms with E-state index in [2.05, 4.69) is 58.1 Å². The highest BCUT2D eigenvalue weighted by Crippen LogP contribution is 2.46. The molecule has 0 atom stereocenters. The van der Waals surface area contributed by atoms with Gasteiger partial charge in [-0.15, -0.1) is 0 Å². The van der Waals surface area contributed by atoms with Gasteiger partial charge in [0.1, 0.15) is 0 Å². The molecule has 0 aromatic rings. The summed E-state index contributed by atoms with van der Waals surface area (Å²) >= 11 is 0. The first-order chi connectivity index (χ1) is 17.0. The summed E-state index contributed by atoms with van der Waals surface area (Å²) < 4.78 is 0. The summed E-state index contributed by atoms with van der Waals surface area (Å²) in [6.07, 6.45) is 2.40. The average molecular weight is 477 g/mol. The smallest absolute Gasteiger partial charge is 0.266 e. The van der Waals surface area contributed by atoms with Crippen molar-refractivity contribution in [1.29, 1.82) is 15.8 Å². The lowest BCUT2D eigenvalue weighted by Crippen LogP contribution is -2.47. The summed E-state index contributed by atoms with van der Waals surface area (Å²) in [6.45, 7) is 33.5. The van der Waals surface area contributed by atoms with E-state index in [-0.39, 0.29) is 22.2 Å². The maximum atomic E-state index is 9.99. The predicted molar refractivity (Wildman–Crippen MR) is 134 cm³/mol.